The molecule has 3 aromatic carbocycles. The third kappa shape index (κ3) is 5.99. The number of carbonyl (C=O) groups excluding carboxylic acids is 1. The summed E-state index contributed by atoms with van der Waals surface area (Å²) in [5, 5.41) is 4.72. The Morgan fingerprint density at radius 1 is 0.972 bits per heavy atom. The Bertz CT molecular complexity index is 1420. The zero-order valence-electron chi connectivity index (χ0n) is 20.1. The van der Waals surface area contributed by atoms with E-state index in [1.165, 1.54) is 0 Å². The van der Waals surface area contributed by atoms with Crippen molar-refractivity contribution < 1.29 is 14.3 Å². The number of carbonyl (C=O) groups is 1. The van der Waals surface area contributed by atoms with Gasteiger partial charge in [0, 0.05) is 27.2 Å². The molecule has 4 rings (SSSR count). The summed E-state index contributed by atoms with van der Waals surface area (Å²) in [7, 11) is 0. The maximum absolute atomic E-state index is 12.6. The Morgan fingerprint density at radius 3 is 2.64 bits per heavy atom. The van der Waals surface area contributed by atoms with E-state index in [0.717, 1.165) is 22.2 Å². The molecule has 1 aromatic heterocycles. The lowest BCUT2D eigenvalue weighted by molar-refractivity contribution is 0.0947. The van der Waals surface area contributed by atoms with Gasteiger partial charge in [-0.05, 0) is 49.7 Å². The fourth-order valence-corrected chi connectivity index (χ4v) is 4.29. The number of hydrogen-bond acceptors (Lipinski definition) is 4. The summed E-state index contributed by atoms with van der Waals surface area (Å²) in [6.07, 6.45) is 3.80. The second-order valence-corrected chi connectivity index (χ2v) is 8.88. The lowest BCUT2D eigenvalue weighted by Crippen LogP contribution is -2.28. The van der Waals surface area contributed by atoms with E-state index in [1.54, 1.807) is 18.2 Å². The predicted molar refractivity (Wildman–Crippen MR) is 146 cm³/mol. The molecule has 7 heteroatoms. The van der Waals surface area contributed by atoms with Crippen molar-refractivity contribution in [1.82, 2.24) is 10.3 Å². The number of nitrogens with zero attached hydrogens (tertiary/aromatic N) is 1. The minimum Gasteiger partial charge on any atom is -0.490 e. The van der Waals surface area contributed by atoms with E-state index >= 15 is 0 Å². The maximum atomic E-state index is 12.6. The van der Waals surface area contributed by atoms with E-state index in [4.69, 9.17) is 32.7 Å². The number of aryl methyl sites for hydroxylation is 1. The quantitative estimate of drug-likeness (QED) is 0.235. The first kappa shape index (κ1) is 25.5. The number of rotatable bonds is 9. The van der Waals surface area contributed by atoms with Crippen LogP contribution in [0.3, 0.4) is 0 Å². The average molecular weight is 521 g/mol. The van der Waals surface area contributed by atoms with Gasteiger partial charge < -0.3 is 14.8 Å². The van der Waals surface area contributed by atoms with Gasteiger partial charge in [0.1, 0.15) is 30.2 Å². The molecule has 0 aliphatic carbocycles. The molecule has 0 spiro atoms. The molecule has 0 saturated carbocycles. The second kappa shape index (κ2) is 11.9. The number of amides is 1. The fourth-order valence-electron chi connectivity index (χ4n) is 3.75. The topological polar surface area (TPSA) is 60.5 Å². The van der Waals surface area contributed by atoms with E-state index in [1.807, 2.05) is 74.5 Å². The number of para-hydroxylation sites is 1. The summed E-state index contributed by atoms with van der Waals surface area (Å²) < 4.78 is 11.9. The molecule has 184 valence electrons. The largest absolute Gasteiger partial charge is 0.490 e. The predicted octanol–water partition coefficient (Wildman–Crippen LogP) is 7.27. The summed E-state index contributed by atoms with van der Waals surface area (Å²) in [6.45, 7) is 4.56. The van der Waals surface area contributed by atoms with Crippen LogP contribution in [0.25, 0.3) is 17.0 Å². The molecular formula is C29H26Cl2N2O3. The monoisotopic (exact) mass is 520 g/mol. The molecule has 1 amide bonds. The number of benzene rings is 3. The summed E-state index contributed by atoms with van der Waals surface area (Å²) in [5.41, 5.74) is 3.77. The zero-order chi connectivity index (χ0) is 25.5. The zero-order valence-corrected chi connectivity index (χ0v) is 21.6. The summed E-state index contributed by atoms with van der Waals surface area (Å²) in [5.74, 6) is 0.952. The number of nitrogens with one attached hydrogen (secondary N) is 1. The van der Waals surface area contributed by atoms with Gasteiger partial charge in [0.2, 0.25) is 0 Å². The maximum Gasteiger partial charge on any atom is 0.252 e. The SMILES string of the molecule is CC=Cc1ccccc1C(=O)NCCOc1ccc(Cl)c(COc2cccc3ccc(C)nc23)c1Cl. The number of aromatic nitrogens is 1. The number of halogens is 2. The Morgan fingerprint density at radius 2 is 1.81 bits per heavy atom. The first-order valence-electron chi connectivity index (χ1n) is 11.6. The van der Waals surface area contributed by atoms with Crippen molar-refractivity contribution >= 4 is 46.1 Å². The second-order valence-electron chi connectivity index (χ2n) is 8.10. The van der Waals surface area contributed by atoms with Crippen LogP contribution in [0, 0.1) is 6.92 Å². The number of ether oxygens (including phenoxy) is 2. The van der Waals surface area contributed by atoms with Crippen molar-refractivity contribution in [3.05, 3.63) is 105 Å². The van der Waals surface area contributed by atoms with E-state index < -0.39 is 0 Å². The lowest BCUT2D eigenvalue weighted by atomic mass is 10.1. The van der Waals surface area contributed by atoms with Crippen LogP contribution in [0.1, 0.15) is 34.1 Å². The smallest absolute Gasteiger partial charge is 0.252 e. The van der Waals surface area contributed by atoms with E-state index in [-0.39, 0.29) is 19.1 Å². The molecule has 4 aromatic rings. The van der Waals surface area contributed by atoms with E-state index in [0.29, 0.717) is 39.2 Å². The van der Waals surface area contributed by atoms with Crippen LogP contribution in [-0.2, 0) is 6.61 Å². The molecule has 1 N–H and O–H groups in total. The van der Waals surface area contributed by atoms with Crippen molar-refractivity contribution in [2.45, 2.75) is 20.5 Å². The van der Waals surface area contributed by atoms with Gasteiger partial charge in [-0.25, -0.2) is 4.98 Å². The van der Waals surface area contributed by atoms with Crippen LogP contribution in [0.2, 0.25) is 10.0 Å². The highest BCUT2D eigenvalue weighted by molar-refractivity contribution is 6.36. The molecule has 1 heterocycles. The van der Waals surface area contributed by atoms with Crippen molar-refractivity contribution in [1.29, 1.82) is 0 Å². The first-order valence-corrected chi connectivity index (χ1v) is 12.3. The molecule has 0 radical (unpaired) electrons. The van der Waals surface area contributed by atoms with Crippen LogP contribution in [0.15, 0.2) is 72.8 Å². The van der Waals surface area contributed by atoms with Gasteiger partial charge in [-0.3, -0.25) is 4.79 Å². The normalized spacial score (nSPS) is 11.1. The first-order chi connectivity index (χ1) is 17.5. The highest BCUT2D eigenvalue weighted by Crippen LogP contribution is 2.35. The van der Waals surface area contributed by atoms with Crippen molar-refractivity contribution in [2.75, 3.05) is 13.2 Å². The molecule has 0 atom stereocenters. The lowest BCUT2D eigenvalue weighted by Gasteiger charge is -2.15. The van der Waals surface area contributed by atoms with E-state index in [2.05, 4.69) is 10.3 Å². The molecule has 0 aliphatic heterocycles. The van der Waals surface area contributed by atoms with Crippen LogP contribution >= 0.6 is 23.2 Å². The molecule has 0 bridgehead atoms. The molecule has 0 fully saturated rings. The highest BCUT2D eigenvalue weighted by Gasteiger charge is 2.15. The summed E-state index contributed by atoms with van der Waals surface area (Å²) in [4.78, 5) is 17.2. The molecule has 5 nitrogen and oxygen atoms in total. The highest BCUT2D eigenvalue weighted by atomic mass is 35.5. The molecule has 0 aliphatic rings. The molecule has 36 heavy (non-hydrogen) atoms. The van der Waals surface area contributed by atoms with Crippen LogP contribution in [-0.4, -0.2) is 24.0 Å². The van der Waals surface area contributed by atoms with Crippen molar-refractivity contribution in [3.8, 4) is 11.5 Å². The third-order valence-corrected chi connectivity index (χ3v) is 6.31. The average Bonchev–Trinajstić information content (AvgIpc) is 2.88. The Kier molecular flexibility index (Phi) is 8.47. The Labute approximate surface area is 220 Å². The molecule has 0 saturated heterocycles. The number of pyridine rings is 1. The van der Waals surface area contributed by atoms with Gasteiger partial charge >= 0.3 is 0 Å². The summed E-state index contributed by atoms with van der Waals surface area (Å²) >= 11 is 13.0. The Balaban J connectivity index is 1.39. The summed E-state index contributed by atoms with van der Waals surface area (Å²) in [6, 6.07) is 20.6. The van der Waals surface area contributed by atoms with Crippen LogP contribution in [0.4, 0.5) is 0 Å². The van der Waals surface area contributed by atoms with Gasteiger partial charge in [0.15, 0.2) is 0 Å². The molecule has 0 unspecified atom stereocenters. The molecular weight excluding hydrogens is 495 g/mol. The van der Waals surface area contributed by atoms with Gasteiger partial charge in [-0.2, -0.15) is 0 Å². The fraction of sp³-hybridized carbons (Fsp3) is 0.172. The minimum absolute atomic E-state index is 0.155. The van der Waals surface area contributed by atoms with Gasteiger partial charge in [0.05, 0.1) is 11.6 Å². The van der Waals surface area contributed by atoms with Crippen molar-refractivity contribution in [2.24, 2.45) is 0 Å². The van der Waals surface area contributed by atoms with Gasteiger partial charge in [-0.1, -0.05) is 71.8 Å². The van der Waals surface area contributed by atoms with Crippen LogP contribution < -0.4 is 14.8 Å². The number of hydrogen-bond donors (Lipinski definition) is 1. The number of fused-ring (bicyclic) bond motifs is 1. The van der Waals surface area contributed by atoms with Gasteiger partial charge in [-0.15, -0.1) is 0 Å². The van der Waals surface area contributed by atoms with E-state index in [9.17, 15) is 4.79 Å². The minimum atomic E-state index is -0.164. The standard InChI is InChI=1S/C29H26Cl2N2O3/c1-3-7-20-8-4-5-10-22(20)29(34)32-16-17-35-25-15-14-24(30)23(27(25)31)18-36-26-11-6-9-21-13-12-19(2)33-28(21)26/h3-15H,16-18H2,1-2H3,(H,32,34). The Hall–Kier alpha value is -3.54. The third-order valence-electron chi connectivity index (χ3n) is 5.54. The van der Waals surface area contributed by atoms with Crippen molar-refractivity contribution in [3.63, 3.8) is 0 Å². The van der Waals surface area contributed by atoms with Crippen LogP contribution in [0.5, 0.6) is 11.5 Å². The van der Waals surface area contributed by atoms with Gasteiger partial charge in [0.25, 0.3) is 5.91 Å². The number of allylic oxidation sites excluding steroid dienone is 1.